The van der Waals surface area contributed by atoms with Crippen LogP contribution in [0.25, 0.3) is 0 Å². The van der Waals surface area contributed by atoms with E-state index in [1.165, 1.54) is 47.9 Å². The Balaban J connectivity index is 1.85. The molecule has 3 rings (SSSR count). The normalized spacial score (nSPS) is 17.4. The van der Waals surface area contributed by atoms with Crippen molar-refractivity contribution in [3.05, 3.63) is 70.8 Å². The summed E-state index contributed by atoms with van der Waals surface area (Å²) < 4.78 is -0.705. The first-order chi connectivity index (χ1) is 12.0. The predicted octanol–water partition coefficient (Wildman–Crippen LogP) is 7.24. The summed E-state index contributed by atoms with van der Waals surface area (Å²) in [6.45, 7) is 4.46. The molecule has 0 nitrogen and oxygen atoms in total. The molecule has 0 heterocycles. The highest BCUT2D eigenvalue weighted by Crippen LogP contribution is 2.68. The summed E-state index contributed by atoms with van der Waals surface area (Å²) >= 11 is 13.3. The van der Waals surface area contributed by atoms with Gasteiger partial charge in [0, 0.05) is 0 Å². The largest absolute Gasteiger partial charge is 0.133 e. The zero-order chi connectivity index (χ0) is 17.9. The van der Waals surface area contributed by atoms with Gasteiger partial charge in [-0.3, -0.25) is 0 Å². The van der Waals surface area contributed by atoms with Crippen LogP contribution in [0.3, 0.4) is 0 Å². The van der Waals surface area contributed by atoms with Gasteiger partial charge in [0.15, 0.2) is 0 Å². The second kappa shape index (κ2) is 7.72. The van der Waals surface area contributed by atoms with Crippen LogP contribution in [0.15, 0.2) is 48.5 Å². The molecule has 0 aromatic heterocycles. The molecule has 0 aliphatic heterocycles. The summed E-state index contributed by atoms with van der Waals surface area (Å²) in [7, 11) is 0. The Hall–Kier alpha value is -0.980. The maximum Gasteiger partial charge on any atom is 0.133 e. The maximum absolute atomic E-state index is 6.65. The lowest BCUT2D eigenvalue weighted by molar-refractivity contribution is 0.787. The molecule has 1 aliphatic carbocycles. The Bertz CT molecular complexity index is 632. The van der Waals surface area contributed by atoms with Gasteiger partial charge in [-0.2, -0.15) is 0 Å². The lowest BCUT2D eigenvalue weighted by Gasteiger charge is -2.20. The Morgan fingerprint density at radius 3 is 1.36 bits per heavy atom. The predicted molar refractivity (Wildman–Crippen MR) is 110 cm³/mol. The summed E-state index contributed by atoms with van der Waals surface area (Å²) in [5.74, 6) is 0. The molecule has 2 heteroatoms. The molecule has 0 amide bonds. The molecule has 134 valence electrons. The van der Waals surface area contributed by atoms with Gasteiger partial charge >= 0.3 is 0 Å². The van der Waals surface area contributed by atoms with E-state index in [9.17, 15) is 0 Å². The molecule has 2 aromatic carbocycles. The van der Waals surface area contributed by atoms with Gasteiger partial charge in [-0.25, -0.2) is 0 Å². The molecule has 0 N–H and O–H groups in total. The third-order valence-corrected chi connectivity index (χ3v) is 6.43. The fourth-order valence-corrected chi connectivity index (χ4v) is 4.59. The van der Waals surface area contributed by atoms with E-state index >= 15 is 0 Å². The van der Waals surface area contributed by atoms with Crippen molar-refractivity contribution in [2.75, 3.05) is 0 Å². The number of benzene rings is 2. The van der Waals surface area contributed by atoms with Crippen LogP contribution >= 0.6 is 23.2 Å². The average Bonchev–Trinajstić information content (AvgIpc) is 3.22. The second-order valence-corrected chi connectivity index (χ2v) is 8.87. The molecule has 0 saturated heterocycles. The highest BCUT2D eigenvalue weighted by Gasteiger charge is 2.68. The van der Waals surface area contributed by atoms with Crippen molar-refractivity contribution in [3.63, 3.8) is 0 Å². The van der Waals surface area contributed by atoms with Gasteiger partial charge in [-0.05, 0) is 54.4 Å². The van der Waals surface area contributed by atoms with Gasteiger partial charge in [0.05, 0.1) is 5.41 Å². The van der Waals surface area contributed by atoms with Gasteiger partial charge < -0.3 is 0 Å². The average molecular weight is 375 g/mol. The van der Waals surface area contributed by atoms with E-state index in [4.69, 9.17) is 23.2 Å². The number of unbranched alkanes of at least 4 members (excludes halogenated alkanes) is 2. The van der Waals surface area contributed by atoms with Crippen LogP contribution in [-0.2, 0) is 18.3 Å². The van der Waals surface area contributed by atoms with Crippen molar-refractivity contribution in [1.29, 1.82) is 0 Å². The third-order valence-electron chi connectivity index (χ3n) is 5.52. The highest BCUT2D eigenvalue weighted by molar-refractivity contribution is 6.52. The van der Waals surface area contributed by atoms with Crippen LogP contribution in [0.5, 0.6) is 0 Å². The van der Waals surface area contributed by atoms with Crippen LogP contribution in [-0.4, -0.2) is 4.33 Å². The minimum atomic E-state index is -0.705. The van der Waals surface area contributed by atoms with Crippen molar-refractivity contribution in [2.24, 2.45) is 0 Å². The van der Waals surface area contributed by atoms with E-state index in [-0.39, 0.29) is 5.41 Å². The molecule has 1 fully saturated rings. The van der Waals surface area contributed by atoms with Crippen LogP contribution in [0.2, 0.25) is 0 Å². The molecule has 2 aromatic rings. The molecule has 1 aliphatic rings. The molecule has 0 spiro atoms. The first-order valence-corrected chi connectivity index (χ1v) is 10.4. The second-order valence-electron chi connectivity index (χ2n) is 7.39. The summed E-state index contributed by atoms with van der Waals surface area (Å²) in [6, 6.07) is 17.9. The van der Waals surface area contributed by atoms with Crippen LogP contribution in [0, 0.1) is 0 Å². The van der Waals surface area contributed by atoms with Gasteiger partial charge in [0.25, 0.3) is 0 Å². The van der Waals surface area contributed by atoms with Gasteiger partial charge in [0.1, 0.15) is 4.33 Å². The Morgan fingerprint density at radius 2 is 1.08 bits per heavy atom. The minimum Gasteiger partial charge on any atom is -0.100 e. The van der Waals surface area contributed by atoms with Crippen LogP contribution in [0.1, 0.15) is 68.2 Å². The van der Waals surface area contributed by atoms with E-state index < -0.39 is 4.33 Å². The minimum absolute atomic E-state index is 0.261. The summed E-state index contributed by atoms with van der Waals surface area (Å²) in [6.07, 6.45) is 7.99. The van der Waals surface area contributed by atoms with Crippen molar-refractivity contribution in [2.45, 2.75) is 68.5 Å². The van der Waals surface area contributed by atoms with E-state index in [0.29, 0.717) is 0 Å². The molecule has 0 unspecified atom stereocenters. The number of hydrogen-bond acceptors (Lipinski definition) is 0. The van der Waals surface area contributed by atoms with Crippen molar-refractivity contribution in [3.8, 4) is 0 Å². The Morgan fingerprint density at radius 1 is 0.720 bits per heavy atom. The van der Waals surface area contributed by atoms with Gasteiger partial charge in [0.2, 0.25) is 0 Å². The lowest BCUT2D eigenvalue weighted by Crippen LogP contribution is -2.17. The monoisotopic (exact) mass is 374 g/mol. The van der Waals surface area contributed by atoms with Gasteiger partial charge in [-0.1, -0.05) is 75.2 Å². The number of rotatable bonds is 8. The molecule has 0 atom stereocenters. The van der Waals surface area contributed by atoms with E-state index in [2.05, 4.69) is 62.4 Å². The molecular formula is C23H28Cl2. The zero-order valence-electron chi connectivity index (χ0n) is 15.3. The molecule has 0 radical (unpaired) electrons. The number of hydrogen-bond donors (Lipinski definition) is 0. The van der Waals surface area contributed by atoms with E-state index in [1.807, 2.05) is 0 Å². The fourth-order valence-electron chi connectivity index (χ4n) is 3.76. The SMILES string of the molecule is CCCCc1ccc(C2(c3ccc(CCCC)cc3)CC2(Cl)Cl)cc1. The molecule has 25 heavy (non-hydrogen) atoms. The van der Waals surface area contributed by atoms with E-state index in [1.54, 1.807) is 0 Å². The quantitative estimate of drug-likeness (QED) is 0.427. The highest BCUT2D eigenvalue weighted by atomic mass is 35.5. The van der Waals surface area contributed by atoms with E-state index in [0.717, 1.165) is 19.3 Å². The first kappa shape index (κ1) is 18.8. The zero-order valence-corrected chi connectivity index (χ0v) is 16.8. The summed E-state index contributed by atoms with van der Waals surface area (Å²) in [4.78, 5) is 0. The number of halogens is 2. The lowest BCUT2D eigenvalue weighted by atomic mass is 9.86. The van der Waals surface area contributed by atoms with Crippen molar-refractivity contribution < 1.29 is 0 Å². The Labute approximate surface area is 162 Å². The standard InChI is InChI=1S/C23H28Cl2/c1-3-5-7-18-9-13-20(14-10-18)22(17-23(22,24)25)21-15-11-19(12-16-21)8-6-4-2/h9-16H,3-8,17H2,1-2H3. The smallest absolute Gasteiger partial charge is 0.100 e. The molecular weight excluding hydrogens is 347 g/mol. The summed E-state index contributed by atoms with van der Waals surface area (Å²) in [5, 5.41) is 0. The van der Waals surface area contributed by atoms with Crippen LogP contribution in [0.4, 0.5) is 0 Å². The van der Waals surface area contributed by atoms with Crippen molar-refractivity contribution in [1.82, 2.24) is 0 Å². The number of aryl methyl sites for hydroxylation is 2. The molecule has 1 saturated carbocycles. The fraction of sp³-hybridized carbons (Fsp3) is 0.478. The first-order valence-electron chi connectivity index (χ1n) is 9.60. The topological polar surface area (TPSA) is 0 Å². The Kier molecular flexibility index (Phi) is 5.81. The van der Waals surface area contributed by atoms with Crippen LogP contribution < -0.4 is 0 Å². The molecule has 0 bridgehead atoms. The van der Waals surface area contributed by atoms with Gasteiger partial charge in [-0.15, -0.1) is 23.2 Å². The summed E-state index contributed by atoms with van der Waals surface area (Å²) in [5.41, 5.74) is 5.00. The third kappa shape index (κ3) is 3.76. The maximum atomic E-state index is 6.65. The van der Waals surface area contributed by atoms with Crippen molar-refractivity contribution >= 4 is 23.2 Å². The number of alkyl halides is 2.